The summed E-state index contributed by atoms with van der Waals surface area (Å²) in [7, 11) is 1.38. The van der Waals surface area contributed by atoms with Gasteiger partial charge in [0.1, 0.15) is 5.58 Å². The van der Waals surface area contributed by atoms with Crippen molar-refractivity contribution in [2.24, 2.45) is 0 Å². The van der Waals surface area contributed by atoms with Gasteiger partial charge in [0.2, 0.25) is 0 Å². The Morgan fingerprint density at radius 3 is 2.58 bits per heavy atom. The highest BCUT2D eigenvalue weighted by Gasteiger charge is 2.11. The molecule has 5 nitrogen and oxygen atoms in total. The molecule has 5 heteroatoms. The van der Waals surface area contributed by atoms with E-state index >= 15 is 0 Å². The van der Waals surface area contributed by atoms with E-state index in [2.05, 4.69) is 0 Å². The Bertz CT molecular complexity index is 963. The minimum Gasteiger partial charge on any atom is -0.469 e. The zero-order valence-corrected chi connectivity index (χ0v) is 14.9. The molecule has 0 fully saturated rings. The van der Waals surface area contributed by atoms with Crippen LogP contribution in [0.5, 0.6) is 0 Å². The van der Waals surface area contributed by atoms with Gasteiger partial charge in [-0.05, 0) is 30.7 Å². The van der Waals surface area contributed by atoms with Gasteiger partial charge in [0.15, 0.2) is 0 Å². The third-order valence-electron chi connectivity index (χ3n) is 4.36. The maximum atomic E-state index is 12.4. The van der Waals surface area contributed by atoms with Crippen molar-refractivity contribution in [2.75, 3.05) is 25.1 Å². The molecule has 0 aliphatic carbocycles. The van der Waals surface area contributed by atoms with E-state index in [1.165, 1.54) is 7.11 Å². The Morgan fingerprint density at radius 1 is 1.12 bits per heavy atom. The normalized spacial score (nSPS) is 10.7. The van der Waals surface area contributed by atoms with Gasteiger partial charge >= 0.3 is 11.6 Å². The molecule has 2 aromatic carbocycles. The largest absolute Gasteiger partial charge is 0.469 e. The average molecular weight is 351 g/mol. The lowest BCUT2D eigenvalue weighted by atomic mass is 10.1. The Labute approximate surface area is 151 Å². The summed E-state index contributed by atoms with van der Waals surface area (Å²) >= 11 is 0. The van der Waals surface area contributed by atoms with Crippen molar-refractivity contribution in [3.63, 3.8) is 0 Å². The number of ether oxygens (including phenoxy) is 1. The molecule has 3 rings (SSSR count). The summed E-state index contributed by atoms with van der Waals surface area (Å²) < 4.78 is 10.3. The second kappa shape index (κ2) is 7.87. The van der Waals surface area contributed by atoms with Gasteiger partial charge in [0.05, 0.1) is 19.1 Å². The Hall–Kier alpha value is -3.08. The maximum Gasteiger partial charge on any atom is 0.344 e. The molecular weight excluding hydrogens is 330 g/mol. The monoisotopic (exact) mass is 351 g/mol. The summed E-state index contributed by atoms with van der Waals surface area (Å²) in [5.74, 6) is -0.247. The van der Waals surface area contributed by atoms with Crippen LogP contribution in [0.15, 0.2) is 63.8 Å². The summed E-state index contributed by atoms with van der Waals surface area (Å²) in [6, 6.07) is 17.1. The van der Waals surface area contributed by atoms with E-state index in [4.69, 9.17) is 9.15 Å². The third-order valence-corrected chi connectivity index (χ3v) is 4.36. The Kier molecular flexibility index (Phi) is 5.37. The van der Waals surface area contributed by atoms with Crippen molar-refractivity contribution in [1.29, 1.82) is 0 Å². The van der Waals surface area contributed by atoms with Gasteiger partial charge in [-0.3, -0.25) is 4.79 Å². The minimum absolute atomic E-state index is 0.247. The summed E-state index contributed by atoms with van der Waals surface area (Å²) in [6.07, 6.45) is 0.305. The van der Waals surface area contributed by atoms with E-state index in [-0.39, 0.29) is 11.6 Å². The number of hydrogen-bond acceptors (Lipinski definition) is 5. The lowest BCUT2D eigenvalue weighted by molar-refractivity contribution is -0.140. The predicted molar refractivity (Wildman–Crippen MR) is 102 cm³/mol. The third kappa shape index (κ3) is 3.77. The van der Waals surface area contributed by atoms with Gasteiger partial charge in [0, 0.05) is 30.2 Å². The van der Waals surface area contributed by atoms with Crippen molar-refractivity contribution in [2.45, 2.75) is 13.3 Å². The minimum atomic E-state index is -0.363. The number of methoxy groups -OCH3 is 1. The molecule has 0 atom stereocenters. The molecule has 0 amide bonds. The van der Waals surface area contributed by atoms with Gasteiger partial charge < -0.3 is 14.1 Å². The SMILES string of the molecule is CCN(CCC(=O)OC)c1ccc2cc(-c3ccccc3)c(=O)oc2c1. The number of nitrogens with zero attached hydrogens (tertiary/aromatic N) is 1. The average Bonchev–Trinajstić information content (AvgIpc) is 2.68. The van der Waals surface area contributed by atoms with Crippen LogP contribution in [0.4, 0.5) is 5.69 Å². The molecule has 0 unspecified atom stereocenters. The summed E-state index contributed by atoms with van der Waals surface area (Å²) in [6.45, 7) is 3.28. The summed E-state index contributed by atoms with van der Waals surface area (Å²) in [5, 5.41) is 0.858. The van der Waals surface area contributed by atoms with Crippen LogP contribution in [0.3, 0.4) is 0 Å². The van der Waals surface area contributed by atoms with Crippen LogP contribution in [-0.2, 0) is 9.53 Å². The molecule has 0 bridgehead atoms. The molecule has 1 heterocycles. The van der Waals surface area contributed by atoms with Gasteiger partial charge in [-0.1, -0.05) is 30.3 Å². The fourth-order valence-corrected chi connectivity index (χ4v) is 2.91. The molecule has 0 aliphatic heterocycles. The number of rotatable bonds is 6. The molecule has 0 saturated heterocycles. The van der Waals surface area contributed by atoms with Crippen LogP contribution in [0.2, 0.25) is 0 Å². The van der Waals surface area contributed by atoms with E-state index in [1.807, 2.05) is 66.4 Å². The van der Waals surface area contributed by atoms with E-state index in [0.717, 1.165) is 23.2 Å². The number of anilines is 1. The fraction of sp³-hybridized carbons (Fsp3) is 0.238. The Balaban J connectivity index is 1.94. The van der Waals surface area contributed by atoms with Crippen molar-refractivity contribution in [3.05, 3.63) is 65.0 Å². The number of esters is 1. The van der Waals surface area contributed by atoms with E-state index in [1.54, 1.807) is 0 Å². The highest BCUT2D eigenvalue weighted by molar-refractivity contribution is 5.84. The molecule has 3 aromatic rings. The molecule has 0 radical (unpaired) electrons. The zero-order valence-electron chi connectivity index (χ0n) is 14.9. The van der Waals surface area contributed by atoms with Gasteiger partial charge in [-0.2, -0.15) is 0 Å². The first-order chi connectivity index (χ1) is 12.6. The lowest BCUT2D eigenvalue weighted by Crippen LogP contribution is -2.26. The molecule has 0 N–H and O–H groups in total. The lowest BCUT2D eigenvalue weighted by Gasteiger charge is -2.22. The van der Waals surface area contributed by atoms with Crippen molar-refractivity contribution >= 4 is 22.6 Å². The second-order valence-electron chi connectivity index (χ2n) is 5.94. The molecule has 0 aliphatic rings. The quantitative estimate of drug-likeness (QED) is 0.499. The summed E-state index contributed by atoms with van der Waals surface area (Å²) in [5.41, 5.74) is 2.45. The van der Waals surface area contributed by atoms with Gasteiger partial charge in [0.25, 0.3) is 0 Å². The molecule has 26 heavy (non-hydrogen) atoms. The van der Waals surface area contributed by atoms with Crippen LogP contribution in [-0.4, -0.2) is 26.2 Å². The van der Waals surface area contributed by atoms with Crippen LogP contribution in [0, 0.1) is 0 Å². The van der Waals surface area contributed by atoms with Crippen molar-refractivity contribution in [1.82, 2.24) is 0 Å². The van der Waals surface area contributed by atoms with Crippen LogP contribution in [0.25, 0.3) is 22.1 Å². The smallest absolute Gasteiger partial charge is 0.344 e. The first kappa shape index (κ1) is 17.7. The number of carbonyl (C=O) groups is 1. The summed E-state index contributed by atoms with van der Waals surface area (Å²) in [4.78, 5) is 25.8. The van der Waals surface area contributed by atoms with Gasteiger partial charge in [-0.25, -0.2) is 4.79 Å². The predicted octanol–water partition coefficient (Wildman–Crippen LogP) is 3.85. The molecule has 134 valence electrons. The topological polar surface area (TPSA) is 59.8 Å². The molecule has 1 aromatic heterocycles. The molecule has 0 saturated carbocycles. The second-order valence-corrected chi connectivity index (χ2v) is 5.94. The van der Waals surface area contributed by atoms with Crippen molar-refractivity contribution < 1.29 is 13.9 Å². The van der Waals surface area contributed by atoms with Crippen molar-refractivity contribution in [3.8, 4) is 11.1 Å². The number of fused-ring (bicyclic) bond motifs is 1. The first-order valence-corrected chi connectivity index (χ1v) is 8.57. The Morgan fingerprint density at radius 2 is 1.88 bits per heavy atom. The van der Waals surface area contributed by atoms with Crippen LogP contribution in [0.1, 0.15) is 13.3 Å². The first-order valence-electron chi connectivity index (χ1n) is 8.57. The standard InChI is InChI=1S/C21H21NO4/c1-3-22(12-11-20(23)25-2)17-10-9-16-13-18(15-7-5-4-6-8-15)21(24)26-19(16)14-17/h4-10,13-14H,3,11-12H2,1-2H3. The number of benzene rings is 2. The van der Waals surface area contributed by atoms with Gasteiger partial charge in [-0.15, -0.1) is 0 Å². The number of hydrogen-bond donors (Lipinski definition) is 0. The zero-order chi connectivity index (χ0) is 18.5. The highest BCUT2D eigenvalue weighted by atomic mass is 16.5. The van der Waals surface area contributed by atoms with Crippen LogP contribution >= 0.6 is 0 Å². The van der Waals surface area contributed by atoms with Crippen LogP contribution < -0.4 is 10.5 Å². The molecular formula is C21H21NO4. The number of carbonyl (C=O) groups excluding carboxylic acids is 1. The fourth-order valence-electron chi connectivity index (χ4n) is 2.91. The molecule has 0 spiro atoms. The maximum absolute atomic E-state index is 12.4. The van der Waals surface area contributed by atoms with E-state index in [9.17, 15) is 9.59 Å². The highest BCUT2D eigenvalue weighted by Crippen LogP contribution is 2.25. The van der Waals surface area contributed by atoms with E-state index in [0.29, 0.717) is 24.1 Å². The van der Waals surface area contributed by atoms with E-state index < -0.39 is 0 Å².